The third kappa shape index (κ3) is 2.68. The Labute approximate surface area is 78.3 Å². The van der Waals surface area contributed by atoms with Gasteiger partial charge in [0.2, 0.25) is 0 Å². The van der Waals surface area contributed by atoms with Crippen LogP contribution in [0.4, 0.5) is 0 Å². The highest BCUT2D eigenvalue weighted by Crippen LogP contribution is 2.23. The van der Waals surface area contributed by atoms with Crippen molar-refractivity contribution in [2.24, 2.45) is 0 Å². The van der Waals surface area contributed by atoms with Crippen molar-refractivity contribution >= 4 is 0 Å². The van der Waals surface area contributed by atoms with Crippen LogP contribution in [0.2, 0.25) is 0 Å². The van der Waals surface area contributed by atoms with E-state index in [2.05, 4.69) is 6.92 Å². The Morgan fingerprint density at radius 2 is 2.15 bits per heavy atom. The van der Waals surface area contributed by atoms with Crippen LogP contribution in [0.1, 0.15) is 39.0 Å². The van der Waals surface area contributed by atoms with Crippen LogP contribution in [0, 0.1) is 10.1 Å². The van der Waals surface area contributed by atoms with Crippen LogP contribution in [-0.2, 0) is 0 Å². The highest BCUT2D eigenvalue weighted by Gasteiger charge is 2.18. The molecule has 0 aromatic heterocycles. The summed E-state index contributed by atoms with van der Waals surface area (Å²) in [6.07, 6.45) is 8.49. The van der Waals surface area contributed by atoms with E-state index < -0.39 is 0 Å². The lowest BCUT2D eigenvalue weighted by atomic mass is 9.99. The van der Waals surface area contributed by atoms with Gasteiger partial charge in [-0.05, 0) is 31.8 Å². The first-order chi connectivity index (χ1) is 6.25. The molecular formula is C10H15NO2. The maximum Gasteiger partial charge on any atom is 0.268 e. The van der Waals surface area contributed by atoms with Gasteiger partial charge >= 0.3 is 0 Å². The molecule has 0 unspecified atom stereocenters. The lowest BCUT2D eigenvalue weighted by Crippen LogP contribution is -2.05. The molecular weight excluding hydrogens is 166 g/mol. The molecule has 0 fully saturated rings. The minimum absolute atomic E-state index is 0.263. The SMILES string of the molecule is CCCCC1=CCCC=C1[N+](=O)[O-]. The van der Waals surface area contributed by atoms with Crippen LogP contribution in [0.15, 0.2) is 23.4 Å². The molecule has 3 nitrogen and oxygen atoms in total. The van der Waals surface area contributed by atoms with E-state index in [1.165, 1.54) is 0 Å². The Balaban J connectivity index is 2.64. The smallest absolute Gasteiger partial charge is 0.258 e. The zero-order valence-electron chi connectivity index (χ0n) is 7.95. The van der Waals surface area contributed by atoms with Crippen molar-refractivity contribution in [1.29, 1.82) is 0 Å². The van der Waals surface area contributed by atoms with Gasteiger partial charge in [0.25, 0.3) is 5.70 Å². The van der Waals surface area contributed by atoms with Crippen LogP contribution in [-0.4, -0.2) is 4.92 Å². The average molecular weight is 181 g/mol. The molecule has 0 aliphatic heterocycles. The molecule has 13 heavy (non-hydrogen) atoms. The Hall–Kier alpha value is -1.12. The predicted octanol–water partition coefficient (Wildman–Crippen LogP) is 3.06. The summed E-state index contributed by atoms with van der Waals surface area (Å²) in [5.41, 5.74) is 1.26. The van der Waals surface area contributed by atoms with Gasteiger partial charge < -0.3 is 0 Å². The lowest BCUT2D eigenvalue weighted by molar-refractivity contribution is -0.421. The van der Waals surface area contributed by atoms with Crippen LogP contribution in [0.3, 0.4) is 0 Å². The van der Waals surface area contributed by atoms with E-state index in [1.54, 1.807) is 6.08 Å². The van der Waals surface area contributed by atoms with Gasteiger partial charge in [-0.2, -0.15) is 0 Å². The first kappa shape index (κ1) is 9.96. The molecule has 0 radical (unpaired) electrons. The molecule has 0 heterocycles. The molecule has 0 aromatic carbocycles. The van der Waals surface area contributed by atoms with Crippen molar-refractivity contribution in [2.75, 3.05) is 0 Å². The molecule has 0 bridgehead atoms. The monoisotopic (exact) mass is 181 g/mol. The number of unbranched alkanes of at least 4 members (excludes halogenated alkanes) is 1. The van der Waals surface area contributed by atoms with Crippen molar-refractivity contribution in [1.82, 2.24) is 0 Å². The highest BCUT2D eigenvalue weighted by molar-refractivity contribution is 5.27. The average Bonchev–Trinajstić information content (AvgIpc) is 2.15. The van der Waals surface area contributed by atoms with E-state index in [0.29, 0.717) is 5.70 Å². The fourth-order valence-electron chi connectivity index (χ4n) is 1.50. The number of hydrogen-bond donors (Lipinski definition) is 0. The summed E-state index contributed by atoms with van der Waals surface area (Å²) >= 11 is 0. The second-order valence-corrected chi connectivity index (χ2v) is 3.26. The molecule has 1 aliphatic rings. The number of allylic oxidation sites excluding steroid dienone is 3. The molecule has 0 saturated heterocycles. The number of nitrogens with zero attached hydrogens (tertiary/aromatic N) is 1. The van der Waals surface area contributed by atoms with E-state index >= 15 is 0 Å². The fourth-order valence-corrected chi connectivity index (χ4v) is 1.50. The summed E-state index contributed by atoms with van der Waals surface area (Å²) in [5.74, 6) is 0. The summed E-state index contributed by atoms with van der Waals surface area (Å²) < 4.78 is 0. The van der Waals surface area contributed by atoms with Crippen LogP contribution in [0.25, 0.3) is 0 Å². The van der Waals surface area contributed by atoms with Gasteiger partial charge in [0.05, 0.1) is 4.92 Å². The summed E-state index contributed by atoms with van der Waals surface area (Å²) in [4.78, 5) is 10.4. The van der Waals surface area contributed by atoms with Crippen molar-refractivity contribution < 1.29 is 4.92 Å². The molecule has 0 amide bonds. The van der Waals surface area contributed by atoms with Crippen molar-refractivity contribution in [3.05, 3.63) is 33.5 Å². The van der Waals surface area contributed by atoms with E-state index in [4.69, 9.17) is 0 Å². The van der Waals surface area contributed by atoms with Crippen LogP contribution < -0.4 is 0 Å². The maximum absolute atomic E-state index is 10.6. The molecule has 1 aliphatic carbocycles. The minimum atomic E-state index is -0.263. The van der Waals surface area contributed by atoms with Crippen LogP contribution in [0.5, 0.6) is 0 Å². The van der Waals surface area contributed by atoms with Crippen molar-refractivity contribution in [3.63, 3.8) is 0 Å². The van der Waals surface area contributed by atoms with E-state index in [1.807, 2.05) is 6.08 Å². The van der Waals surface area contributed by atoms with E-state index in [9.17, 15) is 10.1 Å². The van der Waals surface area contributed by atoms with Gasteiger partial charge in [-0.25, -0.2) is 0 Å². The van der Waals surface area contributed by atoms with Gasteiger partial charge in [0.1, 0.15) is 0 Å². The first-order valence-electron chi connectivity index (χ1n) is 4.79. The Morgan fingerprint density at radius 3 is 2.77 bits per heavy atom. The largest absolute Gasteiger partial charge is 0.268 e. The van der Waals surface area contributed by atoms with Crippen molar-refractivity contribution in [3.8, 4) is 0 Å². The predicted molar refractivity (Wildman–Crippen MR) is 51.9 cm³/mol. The molecule has 0 atom stereocenters. The topological polar surface area (TPSA) is 43.1 Å². The third-order valence-corrected chi connectivity index (χ3v) is 2.22. The fraction of sp³-hybridized carbons (Fsp3) is 0.600. The number of nitro groups is 1. The first-order valence-corrected chi connectivity index (χ1v) is 4.79. The van der Waals surface area contributed by atoms with Gasteiger partial charge in [-0.15, -0.1) is 0 Å². The molecule has 0 N–H and O–H groups in total. The van der Waals surface area contributed by atoms with Crippen LogP contribution >= 0.6 is 0 Å². The molecule has 0 aromatic rings. The summed E-state index contributed by atoms with van der Waals surface area (Å²) in [5, 5.41) is 10.6. The minimum Gasteiger partial charge on any atom is -0.258 e. The second kappa shape index (κ2) is 4.80. The van der Waals surface area contributed by atoms with E-state index in [-0.39, 0.29) is 4.92 Å². The number of rotatable bonds is 4. The second-order valence-electron chi connectivity index (χ2n) is 3.26. The maximum atomic E-state index is 10.6. The summed E-state index contributed by atoms with van der Waals surface area (Å²) in [6, 6.07) is 0. The molecule has 72 valence electrons. The standard InChI is InChI=1S/C10H15NO2/c1-2-3-6-9-7-4-5-8-10(9)11(12)13/h7-8H,2-6H2,1H3. The van der Waals surface area contributed by atoms with Gasteiger partial charge in [-0.1, -0.05) is 19.4 Å². The molecule has 3 heteroatoms. The number of hydrogen-bond acceptors (Lipinski definition) is 2. The summed E-state index contributed by atoms with van der Waals surface area (Å²) in [6.45, 7) is 2.10. The Morgan fingerprint density at radius 1 is 1.46 bits per heavy atom. The highest BCUT2D eigenvalue weighted by atomic mass is 16.6. The Bertz CT molecular complexity index is 254. The molecule has 1 rings (SSSR count). The zero-order valence-corrected chi connectivity index (χ0v) is 7.95. The zero-order chi connectivity index (χ0) is 9.68. The molecule has 0 spiro atoms. The van der Waals surface area contributed by atoms with Gasteiger partial charge in [0.15, 0.2) is 0 Å². The quantitative estimate of drug-likeness (QED) is 0.494. The normalized spacial score (nSPS) is 16.4. The third-order valence-electron chi connectivity index (χ3n) is 2.22. The molecule has 0 saturated carbocycles. The summed E-state index contributed by atoms with van der Waals surface area (Å²) in [7, 11) is 0. The Kier molecular flexibility index (Phi) is 3.68. The van der Waals surface area contributed by atoms with Crippen molar-refractivity contribution in [2.45, 2.75) is 39.0 Å². The lowest BCUT2D eigenvalue weighted by Gasteiger charge is -2.08. The van der Waals surface area contributed by atoms with Gasteiger partial charge in [0, 0.05) is 5.57 Å². The van der Waals surface area contributed by atoms with E-state index in [0.717, 1.165) is 37.7 Å². The van der Waals surface area contributed by atoms with Gasteiger partial charge in [-0.3, -0.25) is 10.1 Å².